The molecule has 0 aliphatic carbocycles. The molecule has 1 fully saturated rings. The first-order chi connectivity index (χ1) is 12.1. The van der Waals surface area contributed by atoms with E-state index in [4.69, 9.17) is 0 Å². The highest BCUT2D eigenvalue weighted by Gasteiger charge is 2.32. The lowest BCUT2D eigenvalue weighted by Gasteiger charge is -2.22. The molecule has 0 unspecified atom stereocenters. The number of carbonyl (C=O) groups excluding carboxylic acids is 2. The fourth-order valence-corrected chi connectivity index (χ4v) is 3.74. The van der Waals surface area contributed by atoms with Gasteiger partial charge in [0.25, 0.3) is 5.91 Å². The van der Waals surface area contributed by atoms with Crippen LogP contribution in [0.1, 0.15) is 53.5 Å². The molecule has 1 aromatic carbocycles. The molecule has 1 aliphatic heterocycles. The van der Waals surface area contributed by atoms with Crippen LogP contribution in [0.5, 0.6) is 0 Å². The van der Waals surface area contributed by atoms with Gasteiger partial charge in [0.05, 0.1) is 6.04 Å². The summed E-state index contributed by atoms with van der Waals surface area (Å²) in [6.45, 7) is 2.70. The smallest absolute Gasteiger partial charge is 0.286 e. The van der Waals surface area contributed by atoms with Gasteiger partial charge in [0, 0.05) is 18.7 Å². The first-order valence-electron chi connectivity index (χ1n) is 8.28. The molecule has 0 spiro atoms. The molecule has 1 aliphatic rings. The number of halogens is 1. The fraction of sp³-hybridized carbons (Fsp3) is 0.412. The van der Waals surface area contributed by atoms with Gasteiger partial charge in [0.1, 0.15) is 10.8 Å². The maximum atomic E-state index is 12.9. The molecule has 2 heterocycles. The van der Waals surface area contributed by atoms with E-state index < -0.39 is 0 Å². The molecule has 1 atom stereocenters. The van der Waals surface area contributed by atoms with Gasteiger partial charge in [-0.15, -0.1) is 10.2 Å². The Hall–Kier alpha value is -2.35. The van der Waals surface area contributed by atoms with Crippen molar-refractivity contribution in [1.29, 1.82) is 0 Å². The van der Waals surface area contributed by atoms with Gasteiger partial charge in [-0.2, -0.15) is 0 Å². The Bertz CT molecular complexity index is 762. The van der Waals surface area contributed by atoms with Crippen LogP contribution < -0.4 is 5.32 Å². The van der Waals surface area contributed by atoms with Crippen molar-refractivity contribution < 1.29 is 14.0 Å². The van der Waals surface area contributed by atoms with Crippen LogP contribution in [-0.2, 0) is 4.79 Å². The van der Waals surface area contributed by atoms with E-state index in [1.807, 2.05) is 11.8 Å². The minimum Gasteiger partial charge on any atom is -0.333 e. The van der Waals surface area contributed by atoms with Crippen molar-refractivity contribution >= 4 is 28.8 Å². The number of hydrogen-bond acceptors (Lipinski definition) is 5. The molecule has 1 saturated heterocycles. The molecule has 3 rings (SSSR count). The minimum atomic E-state index is -0.389. The summed E-state index contributed by atoms with van der Waals surface area (Å²) in [4.78, 5) is 26.3. The third kappa shape index (κ3) is 4.01. The van der Waals surface area contributed by atoms with E-state index in [1.54, 1.807) is 0 Å². The molecule has 2 aromatic rings. The molecule has 1 aromatic heterocycles. The van der Waals surface area contributed by atoms with Crippen LogP contribution in [0.2, 0.25) is 0 Å². The largest absolute Gasteiger partial charge is 0.333 e. The van der Waals surface area contributed by atoms with Gasteiger partial charge in [-0.3, -0.25) is 9.59 Å². The predicted molar refractivity (Wildman–Crippen MR) is 92.9 cm³/mol. The molecule has 2 amide bonds. The Labute approximate surface area is 149 Å². The van der Waals surface area contributed by atoms with Crippen molar-refractivity contribution in [1.82, 2.24) is 15.1 Å². The third-order valence-corrected chi connectivity index (χ3v) is 5.08. The van der Waals surface area contributed by atoms with Crippen molar-refractivity contribution in [3.8, 4) is 0 Å². The van der Waals surface area contributed by atoms with Crippen molar-refractivity contribution in [2.45, 2.75) is 38.6 Å². The van der Waals surface area contributed by atoms with Crippen LogP contribution in [0.15, 0.2) is 24.3 Å². The van der Waals surface area contributed by atoms with Crippen LogP contribution in [0.3, 0.4) is 0 Å². The average Bonchev–Trinajstić information content (AvgIpc) is 3.26. The molecule has 0 bridgehead atoms. The van der Waals surface area contributed by atoms with Crippen LogP contribution in [0.4, 0.5) is 10.1 Å². The third-order valence-electron chi connectivity index (χ3n) is 4.06. The zero-order valence-electron chi connectivity index (χ0n) is 13.9. The van der Waals surface area contributed by atoms with E-state index in [9.17, 15) is 14.0 Å². The lowest BCUT2D eigenvalue weighted by atomic mass is 10.2. The zero-order valence-corrected chi connectivity index (χ0v) is 14.7. The first-order valence-corrected chi connectivity index (χ1v) is 9.10. The number of carbonyl (C=O) groups is 2. The van der Waals surface area contributed by atoms with Gasteiger partial charge in [-0.1, -0.05) is 18.3 Å². The summed E-state index contributed by atoms with van der Waals surface area (Å²) in [5, 5.41) is 11.7. The SMILES string of the molecule is CCCC(=O)N1CCC[C@@H]1c1nnc(C(=O)Nc2ccc(F)cc2)s1. The van der Waals surface area contributed by atoms with E-state index in [1.165, 1.54) is 35.6 Å². The lowest BCUT2D eigenvalue weighted by Crippen LogP contribution is -2.30. The van der Waals surface area contributed by atoms with E-state index in [2.05, 4.69) is 15.5 Å². The molecular formula is C17H19FN4O2S. The molecule has 0 radical (unpaired) electrons. The standard InChI is InChI=1S/C17H19FN4O2S/c1-2-4-14(23)22-10-3-5-13(22)16-20-21-17(25-16)15(24)19-12-8-6-11(18)7-9-12/h6-9,13H,2-5,10H2,1H3,(H,19,24)/t13-/m1/s1. The predicted octanol–water partition coefficient (Wildman–Crippen LogP) is 3.39. The topological polar surface area (TPSA) is 75.2 Å². The van der Waals surface area contributed by atoms with E-state index in [0.29, 0.717) is 17.1 Å². The molecule has 6 nitrogen and oxygen atoms in total. The minimum absolute atomic E-state index is 0.0936. The Morgan fingerprint density at radius 3 is 2.80 bits per heavy atom. The van der Waals surface area contributed by atoms with Gasteiger partial charge in [0.2, 0.25) is 10.9 Å². The second kappa shape index (κ2) is 7.69. The number of nitrogens with zero attached hydrogens (tertiary/aromatic N) is 3. The molecule has 1 N–H and O–H groups in total. The molecule has 132 valence electrons. The Morgan fingerprint density at radius 1 is 1.32 bits per heavy atom. The number of benzene rings is 1. The number of aromatic nitrogens is 2. The summed E-state index contributed by atoms with van der Waals surface area (Å²) in [6.07, 6.45) is 3.09. The van der Waals surface area contributed by atoms with Crippen molar-refractivity contribution in [2.75, 3.05) is 11.9 Å². The average molecular weight is 362 g/mol. The Kier molecular flexibility index (Phi) is 5.37. The molecule has 0 saturated carbocycles. The number of amides is 2. The van der Waals surface area contributed by atoms with E-state index >= 15 is 0 Å². The highest BCUT2D eigenvalue weighted by molar-refractivity contribution is 7.13. The summed E-state index contributed by atoms with van der Waals surface area (Å²) in [5.74, 6) is -0.633. The second-order valence-electron chi connectivity index (χ2n) is 5.90. The van der Waals surface area contributed by atoms with Crippen LogP contribution in [-0.4, -0.2) is 33.5 Å². The molecular weight excluding hydrogens is 343 g/mol. The summed E-state index contributed by atoms with van der Waals surface area (Å²) in [6, 6.07) is 5.42. The quantitative estimate of drug-likeness (QED) is 0.885. The maximum Gasteiger partial charge on any atom is 0.286 e. The van der Waals surface area contributed by atoms with Gasteiger partial charge in [0.15, 0.2) is 0 Å². The van der Waals surface area contributed by atoms with Gasteiger partial charge < -0.3 is 10.2 Å². The van der Waals surface area contributed by atoms with E-state index in [0.717, 1.165) is 25.8 Å². The number of likely N-dealkylation sites (tertiary alicyclic amines) is 1. The van der Waals surface area contributed by atoms with Crippen molar-refractivity contribution in [3.05, 3.63) is 40.1 Å². The first kappa shape index (κ1) is 17.5. The van der Waals surface area contributed by atoms with Crippen molar-refractivity contribution in [3.63, 3.8) is 0 Å². The Balaban J connectivity index is 1.70. The van der Waals surface area contributed by atoms with Crippen LogP contribution >= 0.6 is 11.3 Å². The fourth-order valence-electron chi connectivity index (χ4n) is 2.86. The highest BCUT2D eigenvalue weighted by atomic mass is 32.1. The number of rotatable bonds is 5. The van der Waals surface area contributed by atoms with E-state index in [-0.39, 0.29) is 28.7 Å². The molecule has 25 heavy (non-hydrogen) atoms. The maximum absolute atomic E-state index is 12.9. The van der Waals surface area contributed by atoms with Crippen LogP contribution in [0.25, 0.3) is 0 Å². The molecule has 8 heteroatoms. The van der Waals surface area contributed by atoms with Crippen LogP contribution in [0, 0.1) is 5.82 Å². The number of anilines is 1. The normalized spacial score (nSPS) is 16.9. The number of hydrogen-bond donors (Lipinski definition) is 1. The highest BCUT2D eigenvalue weighted by Crippen LogP contribution is 2.34. The number of nitrogens with one attached hydrogen (secondary N) is 1. The monoisotopic (exact) mass is 362 g/mol. The summed E-state index contributed by atoms with van der Waals surface area (Å²) in [7, 11) is 0. The second-order valence-corrected chi connectivity index (χ2v) is 6.91. The van der Waals surface area contributed by atoms with Crippen molar-refractivity contribution in [2.24, 2.45) is 0 Å². The van der Waals surface area contributed by atoms with Gasteiger partial charge in [-0.05, 0) is 43.5 Å². The summed E-state index contributed by atoms with van der Waals surface area (Å²) >= 11 is 1.20. The van der Waals surface area contributed by atoms with Gasteiger partial charge in [-0.25, -0.2) is 4.39 Å². The summed E-state index contributed by atoms with van der Waals surface area (Å²) < 4.78 is 12.9. The van der Waals surface area contributed by atoms with Gasteiger partial charge >= 0.3 is 0 Å². The summed E-state index contributed by atoms with van der Waals surface area (Å²) in [5.41, 5.74) is 0.490. The lowest BCUT2D eigenvalue weighted by molar-refractivity contribution is -0.132. The zero-order chi connectivity index (χ0) is 17.8. The Morgan fingerprint density at radius 2 is 2.08 bits per heavy atom.